The van der Waals surface area contributed by atoms with Crippen molar-refractivity contribution in [2.45, 2.75) is 0 Å². The second kappa shape index (κ2) is 2.79. The van der Waals surface area contributed by atoms with Crippen LogP contribution in [0.15, 0.2) is 4.79 Å². The van der Waals surface area contributed by atoms with Crippen molar-refractivity contribution < 1.29 is 9.90 Å². The molecule has 0 aromatic carbocycles. The van der Waals surface area contributed by atoms with E-state index in [1.165, 1.54) is 14.1 Å². The molecule has 0 saturated carbocycles. The van der Waals surface area contributed by atoms with Gasteiger partial charge in [0.1, 0.15) is 6.07 Å². The van der Waals surface area contributed by atoms with Gasteiger partial charge in [0.05, 0.1) is 0 Å². The Balaban J connectivity index is 3.70. The highest BCUT2D eigenvalue weighted by Crippen LogP contribution is 2.03. The lowest BCUT2D eigenvalue weighted by Gasteiger charge is -1.92. The molecule has 68 valence electrons. The molecule has 6 nitrogen and oxygen atoms in total. The van der Waals surface area contributed by atoms with Crippen LogP contribution in [0.5, 0.6) is 0 Å². The lowest BCUT2D eigenvalue weighted by atomic mass is 10.3. The summed E-state index contributed by atoms with van der Waals surface area (Å²) in [7, 11) is 2.67. The van der Waals surface area contributed by atoms with Crippen molar-refractivity contribution >= 4 is 5.97 Å². The molecule has 1 aromatic rings. The first kappa shape index (κ1) is 9.06. The predicted octanol–water partition coefficient (Wildman–Crippen LogP) is -0.706. The van der Waals surface area contributed by atoms with E-state index in [1.54, 1.807) is 6.07 Å². The maximum Gasteiger partial charge on any atom is 0.355 e. The van der Waals surface area contributed by atoms with Crippen LogP contribution in [0.2, 0.25) is 0 Å². The van der Waals surface area contributed by atoms with Gasteiger partial charge in [0.25, 0.3) is 0 Å². The van der Waals surface area contributed by atoms with Gasteiger partial charge in [-0.25, -0.2) is 9.59 Å². The molecule has 0 bridgehead atoms. The van der Waals surface area contributed by atoms with Crippen LogP contribution >= 0.6 is 0 Å². The number of aromatic carboxylic acids is 1. The molecule has 0 spiro atoms. The average Bonchev–Trinajstić information content (AvgIpc) is 2.29. The summed E-state index contributed by atoms with van der Waals surface area (Å²) in [5.41, 5.74) is -0.941. The van der Waals surface area contributed by atoms with Gasteiger partial charge in [-0.3, -0.25) is 9.13 Å². The molecule has 0 saturated heterocycles. The van der Waals surface area contributed by atoms with Gasteiger partial charge < -0.3 is 5.11 Å². The molecule has 1 aromatic heterocycles. The van der Waals surface area contributed by atoms with Crippen LogP contribution in [0.25, 0.3) is 0 Å². The monoisotopic (exact) mass is 181 g/mol. The predicted molar refractivity (Wildman–Crippen MR) is 42.3 cm³/mol. The summed E-state index contributed by atoms with van der Waals surface area (Å²) in [4.78, 5) is 21.8. The Kier molecular flexibility index (Phi) is 1.94. The van der Waals surface area contributed by atoms with E-state index >= 15 is 0 Å². The lowest BCUT2D eigenvalue weighted by molar-refractivity contribution is 0.0685. The molecule has 13 heavy (non-hydrogen) atoms. The zero-order valence-electron chi connectivity index (χ0n) is 7.11. The second-order valence-electron chi connectivity index (χ2n) is 2.51. The third-order valence-electron chi connectivity index (χ3n) is 1.78. The first-order chi connectivity index (χ1) is 6.00. The van der Waals surface area contributed by atoms with Crippen molar-refractivity contribution in [1.29, 1.82) is 5.26 Å². The Morgan fingerprint density at radius 1 is 1.46 bits per heavy atom. The fraction of sp³-hybridized carbons (Fsp3) is 0.286. The van der Waals surface area contributed by atoms with E-state index in [-0.39, 0.29) is 11.4 Å². The van der Waals surface area contributed by atoms with Crippen molar-refractivity contribution in [3.63, 3.8) is 0 Å². The highest BCUT2D eigenvalue weighted by atomic mass is 16.4. The SMILES string of the molecule is Cn1c(C#N)c(C(=O)O)n(C)c1=O. The second-order valence-corrected chi connectivity index (χ2v) is 2.51. The first-order valence-corrected chi connectivity index (χ1v) is 3.39. The Morgan fingerprint density at radius 3 is 2.31 bits per heavy atom. The Bertz CT molecular complexity index is 461. The average molecular weight is 181 g/mol. The highest BCUT2D eigenvalue weighted by molar-refractivity contribution is 5.88. The van der Waals surface area contributed by atoms with Gasteiger partial charge in [0.15, 0.2) is 11.4 Å². The first-order valence-electron chi connectivity index (χ1n) is 3.39. The molecule has 1 rings (SSSR count). The van der Waals surface area contributed by atoms with Gasteiger partial charge in [-0.05, 0) is 0 Å². The van der Waals surface area contributed by atoms with Crippen molar-refractivity contribution in [3.05, 3.63) is 21.9 Å². The van der Waals surface area contributed by atoms with Crippen LogP contribution in [0.4, 0.5) is 0 Å². The summed E-state index contributed by atoms with van der Waals surface area (Å²) >= 11 is 0. The molecule has 1 heterocycles. The largest absolute Gasteiger partial charge is 0.476 e. The van der Waals surface area contributed by atoms with Crippen molar-refractivity contribution in [2.24, 2.45) is 14.1 Å². The van der Waals surface area contributed by atoms with Crippen molar-refractivity contribution in [1.82, 2.24) is 9.13 Å². The zero-order chi connectivity index (χ0) is 10.2. The van der Waals surface area contributed by atoms with Crippen LogP contribution in [0.1, 0.15) is 16.2 Å². The van der Waals surface area contributed by atoms with E-state index in [0.29, 0.717) is 0 Å². The van der Waals surface area contributed by atoms with E-state index in [0.717, 1.165) is 9.13 Å². The molecule has 0 amide bonds. The number of aromatic nitrogens is 2. The normalized spacial score (nSPS) is 9.62. The van der Waals surface area contributed by atoms with E-state index in [4.69, 9.17) is 10.4 Å². The summed E-state index contributed by atoms with van der Waals surface area (Å²) in [6.45, 7) is 0. The minimum Gasteiger partial charge on any atom is -0.476 e. The van der Waals surface area contributed by atoms with E-state index in [9.17, 15) is 9.59 Å². The maximum atomic E-state index is 11.2. The van der Waals surface area contributed by atoms with Crippen LogP contribution < -0.4 is 5.69 Å². The van der Waals surface area contributed by atoms with Gasteiger partial charge in [-0.1, -0.05) is 0 Å². The molecule has 6 heteroatoms. The summed E-state index contributed by atoms with van der Waals surface area (Å²) in [6, 6.07) is 1.67. The molecule has 0 radical (unpaired) electrons. The van der Waals surface area contributed by atoms with Gasteiger partial charge in [0, 0.05) is 14.1 Å². The van der Waals surface area contributed by atoms with Crippen molar-refractivity contribution in [3.8, 4) is 6.07 Å². The number of nitriles is 1. The van der Waals surface area contributed by atoms with Crippen LogP contribution in [-0.4, -0.2) is 20.2 Å². The molecule has 0 aliphatic rings. The molecular weight excluding hydrogens is 174 g/mol. The molecule has 0 fully saturated rings. The number of imidazole rings is 1. The summed E-state index contributed by atoms with van der Waals surface area (Å²) < 4.78 is 1.93. The highest BCUT2D eigenvalue weighted by Gasteiger charge is 2.20. The van der Waals surface area contributed by atoms with Gasteiger partial charge in [-0.15, -0.1) is 0 Å². The Morgan fingerprint density at radius 2 is 2.00 bits per heavy atom. The molecule has 1 N–H and O–H groups in total. The third kappa shape index (κ3) is 1.10. The van der Waals surface area contributed by atoms with Crippen LogP contribution in [-0.2, 0) is 14.1 Å². The van der Waals surface area contributed by atoms with Crippen LogP contribution in [0, 0.1) is 11.3 Å². The molecule has 0 aliphatic heterocycles. The van der Waals surface area contributed by atoms with Crippen molar-refractivity contribution in [2.75, 3.05) is 0 Å². The summed E-state index contributed by atoms with van der Waals surface area (Å²) in [5.74, 6) is -1.28. The number of carboxylic acid groups (broad SMARTS) is 1. The fourth-order valence-electron chi connectivity index (χ4n) is 1.11. The molecule has 0 aliphatic carbocycles. The van der Waals surface area contributed by atoms with E-state index in [2.05, 4.69) is 0 Å². The minimum absolute atomic E-state index is 0.139. The number of carboxylic acids is 1. The van der Waals surface area contributed by atoms with E-state index in [1.807, 2.05) is 0 Å². The third-order valence-corrected chi connectivity index (χ3v) is 1.78. The topological polar surface area (TPSA) is 88.0 Å². The molecule has 0 atom stereocenters. The molecule has 0 unspecified atom stereocenters. The van der Waals surface area contributed by atoms with Gasteiger partial charge in [-0.2, -0.15) is 5.26 Å². The Labute approximate surface area is 73.2 Å². The lowest BCUT2D eigenvalue weighted by Crippen LogP contribution is -2.21. The standard InChI is InChI=1S/C7H7N3O3/c1-9-4(3-8)5(6(11)12)10(2)7(9)13/h1-2H3,(H,11,12). The number of hydrogen-bond donors (Lipinski definition) is 1. The number of hydrogen-bond acceptors (Lipinski definition) is 3. The van der Waals surface area contributed by atoms with E-state index < -0.39 is 11.7 Å². The summed E-state index contributed by atoms with van der Waals surface area (Å²) in [6.07, 6.45) is 0. The van der Waals surface area contributed by atoms with Crippen LogP contribution in [0.3, 0.4) is 0 Å². The minimum atomic E-state index is -1.28. The quantitative estimate of drug-likeness (QED) is 0.620. The maximum absolute atomic E-state index is 11.2. The Hall–Kier alpha value is -2.03. The fourth-order valence-corrected chi connectivity index (χ4v) is 1.11. The number of rotatable bonds is 1. The smallest absolute Gasteiger partial charge is 0.355 e. The zero-order valence-corrected chi connectivity index (χ0v) is 7.11. The summed E-state index contributed by atoms with van der Waals surface area (Å²) in [5, 5.41) is 17.3. The number of carbonyl (C=O) groups is 1. The number of nitrogens with zero attached hydrogens (tertiary/aromatic N) is 3. The van der Waals surface area contributed by atoms with Gasteiger partial charge in [0.2, 0.25) is 0 Å². The molecular formula is C7H7N3O3. The van der Waals surface area contributed by atoms with Gasteiger partial charge >= 0.3 is 11.7 Å².